The Bertz CT molecular complexity index is 732. The largest absolute Gasteiger partial charge is 0.492 e. The van der Waals surface area contributed by atoms with E-state index in [1.54, 1.807) is 12.1 Å². The van der Waals surface area contributed by atoms with Crippen molar-refractivity contribution >= 4 is 23.2 Å². The fourth-order valence-electron chi connectivity index (χ4n) is 2.93. The molecule has 1 saturated heterocycles. The number of amides is 1. The number of ether oxygens (including phenoxy) is 1. The highest BCUT2D eigenvalue weighted by molar-refractivity contribution is 6.30. The average molecular weight is 392 g/mol. The standard InChI is InChI=1S/C20H23ClFN3O2/c21-16-1-7-19(8-2-16)27-14-13-24-9-11-25(12-10-24)15-20(26)23-18-5-3-17(22)4-6-18/h1-8H,9-15H2,(H,23,26). The lowest BCUT2D eigenvalue weighted by molar-refractivity contribution is -0.117. The van der Waals surface area contributed by atoms with Crippen molar-refractivity contribution in [3.05, 3.63) is 59.4 Å². The van der Waals surface area contributed by atoms with Crippen LogP contribution in [0, 0.1) is 5.82 Å². The highest BCUT2D eigenvalue weighted by Crippen LogP contribution is 2.15. The lowest BCUT2D eigenvalue weighted by atomic mass is 10.3. The predicted molar refractivity (Wildman–Crippen MR) is 105 cm³/mol. The van der Waals surface area contributed by atoms with Crippen molar-refractivity contribution in [3.8, 4) is 5.75 Å². The van der Waals surface area contributed by atoms with Gasteiger partial charge in [-0.1, -0.05) is 11.6 Å². The molecule has 7 heteroatoms. The fourth-order valence-corrected chi connectivity index (χ4v) is 3.06. The van der Waals surface area contributed by atoms with Gasteiger partial charge in [-0.2, -0.15) is 0 Å². The molecule has 1 fully saturated rings. The number of benzene rings is 2. The second kappa shape index (κ2) is 9.69. The van der Waals surface area contributed by atoms with Crippen molar-refractivity contribution in [2.45, 2.75) is 0 Å². The van der Waals surface area contributed by atoms with Crippen LogP contribution in [0.5, 0.6) is 5.75 Å². The van der Waals surface area contributed by atoms with Crippen molar-refractivity contribution in [2.75, 3.05) is 51.2 Å². The number of nitrogens with zero attached hydrogens (tertiary/aromatic N) is 2. The van der Waals surface area contributed by atoms with Gasteiger partial charge in [0.2, 0.25) is 5.91 Å². The number of nitrogens with one attached hydrogen (secondary N) is 1. The first kappa shape index (κ1) is 19.6. The molecule has 3 rings (SSSR count). The zero-order valence-corrected chi connectivity index (χ0v) is 15.8. The minimum atomic E-state index is -0.316. The van der Waals surface area contributed by atoms with E-state index in [1.807, 2.05) is 24.3 Å². The van der Waals surface area contributed by atoms with E-state index in [2.05, 4.69) is 15.1 Å². The molecule has 0 radical (unpaired) electrons. The Balaban J connectivity index is 1.33. The van der Waals surface area contributed by atoms with Crippen LogP contribution < -0.4 is 10.1 Å². The summed E-state index contributed by atoms with van der Waals surface area (Å²) in [6.07, 6.45) is 0. The van der Waals surface area contributed by atoms with Gasteiger partial charge in [0.05, 0.1) is 6.54 Å². The molecule has 2 aromatic carbocycles. The van der Waals surface area contributed by atoms with E-state index in [0.29, 0.717) is 23.9 Å². The van der Waals surface area contributed by atoms with Gasteiger partial charge in [0.15, 0.2) is 0 Å². The van der Waals surface area contributed by atoms with Gasteiger partial charge >= 0.3 is 0 Å². The van der Waals surface area contributed by atoms with E-state index in [0.717, 1.165) is 38.5 Å². The lowest BCUT2D eigenvalue weighted by Crippen LogP contribution is -2.49. The number of hydrogen-bond donors (Lipinski definition) is 1. The van der Waals surface area contributed by atoms with E-state index in [1.165, 1.54) is 12.1 Å². The smallest absolute Gasteiger partial charge is 0.238 e. The molecule has 1 heterocycles. The summed E-state index contributed by atoms with van der Waals surface area (Å²) in [4.78, 5) is 16.6. The second-order valence-corrected chi connectivity index (χ2v) is 6.91. The quantitative estimate of drug-likeness (QED) is 0.787. The van der Waals surface area contributed by atoms with Crippen LogP contribution >= 0.6 is 11.6 Å². The minimum Gasteiger partial charge on any atom is -0.492 e. The lowest BCUT2D eigenvalue weighted by Gasteiger charge is -2.34. The molecule has 144 valence electrons. The highest BCUT2D eigenvalue weighted by atomic mass is 35.5. The molecule has 1 aliphatic rings. The molecular formula is C20H23ClFN3O2. The van der Waals surface area contributed by atoms with Gasteiger partial charge in [-0.05, 0) is 48.5 Å². The summed E-state index contributed by atoms with van der Waals surface area (Å²) in [5.41, 5.74) is 0.611. The summed E-state index contributed by atoms with van der Waals surface area (Å²) in [5.74, 6) is 0.417. The molecule has 2 aromatic rings. The number of carbonyl (C=O) groups is 1. The van der Waals surface area contributed by atoms with Crippen LogP contribution in [0.3, 0.4) is 0 Å². The van der Waals surface area contributed by atoms with Gasteiger partial charge in [0, 0.05) is 43.4 Å². The maximum atomic E-state index is 12.9. The Morgan fingerprint density at radius 1 is 1.00 bits per heavy atom. The average Bonchev–Trinajstić information content (AvgIpc) is 2.67. The maximum absolute atomic E-state index is 12.9. The number of piperazine rings is 1. The maximum Gasteiger partial charge on any atom is 0.238 e. The van der Waals surface area contributed by atoms with Crippen molar-refractivity contribution in [1.29, 1.82) is 0 Å². The Labute approximate surface area is 163 Å². The second-order valence-electron chi connectivity index (χ2n) is 6.48. The molecule has 27 heavy (non-hydrogen) atoms. The van der Waals surface area contributed by atoms with Gasteiger partial charge in [0.25, 0.3) is 0 Å². The topological polar surface area (TPSA) is 44.8 Å². The summed E-state index contributed by atoms with van der Waals surface area (Å²) >= 11 is 5.86. The SMILES string of the molecule is O=C(CN1CCN(CCOc2ccc(Cl)cc2)CC1)Nc1ccc(F)cc1. The number of rotatable bonds is 7. The van der Waals surface area contributed by atoms with E-state index in [9.17, 15) is 9.18 Å². The number of hydrogen-bond acceptors (Lipinski definition) is 4. The molecule has 1 aliphatic heterocycles. The zero-order chi connectivity index (χ0) is 19.1. The van der Waals surface area contributed by atoms with E-state index < -0.39 is 0 Å². The van der Waals surface area contributed by atoms with Crippen molar-refractivity contribution in [2.24, 2.45) is 0 Å². The third-order valence-electron chi connectivity index (χ3n) is 4.45. The monoisotopic (exact) mass is 391 g/mol. The molecule has 0 bridgehead atoms. The van der Waals surface area contributed by atoms with Crippen molar-refractivity contribution in [1.82, 2.24) is 9.80 Å². The third-order valence-corrected chi connectivity index (χ3v) is 4.70. The summed E-state index contributed by atoms with van der Waals surface area (Å²) in [6, 6.07) is 13.1. The van der Waals surface area contributed by atoms with Crippen molar-refractivity contribution in [3.63, 3.8) is 0 Å². The van der Waals surface area contributed by atoms with Gasteiger partial charge in [-0.25, -0.2) is 4.39 Å². The normalized spacial score (nSPS) is 15.5. The molecule has 1 amide bonds. The Kier molecular flexibility index (Phi) is 7.04. The Hall–Kier alpha value is -2.15. The molecule has 5 nitrogen and oxygen atoms in total. The van der Waals surface area contributed by atoms with Crippen LogP contribution in [-0.2, 0) is 4.79 Å². The molecule has 1 N–H and O–H groups in total. The molecule has 0 spiro atoms. The predicted octanol–water partition coefficient (Wildman–Crippen LogP) is 3.11. The van der Waals surface area contributed by atoms with Gasteiger partial charge < -0.3 is 10.1 Å². The summed E-state index contributed by atoms with van der Waals surface area (Å²) in [5, 5.41) is 3.49. The summed E-state index contributed by atoms with van der Waals surface area (Å²) < 4.78 is 18.6. The fraction of sp³-hybridized carbons (Fsp3) is 0.350. The first-order valence-electron chi connectivity index (χ1n) is 8.97. The Morgan fingerprint density at radius 3 is 2.30 bits per heavy atom. The number of anilines is 1. The molecule has 0 atom stereocenters. The van der Waals surface area contributed by atoms with Crippen LogP contribution in [0.1, 0.15) is 0 Å². The van der Waals surface area contributed by atoms with Crippen molar-refractivity contribution < 1.29 is 13.9 Å². The first-order chi connectivity index (χ1) is 13.1. The molecule has 0 aliphatic carbocycles. The number of halogens is 2. The highest BCUT2D eigenvalue weighted by Gasteiger charge is 2.18. The molecular weight excluding hydrogens is 369 g/mol. The molecule has 0 unspecified atom stereocenters. The van der Waals surface area contributed by atoms with E-state index in [-0.39, 0.29) is 11.7 Å². The summed E-state index contributed by atoms with van der Waals surface area (Å²) in [6.45, 7) is 5.26. The van der Waals surface area contributed by atoms with Crippen LogP contribution in [-0.4, -0.2) is 61.6 Å². The Morgan fingerprint density at radius 2 is 1.63 bits per heavy atom. The summed E-state index contributed by atoms with van der Waals surface area (Å²) in [7, 11) is 0. The third kappa shape index (κ3) is 6.50. The minimum absolute atomic E-state index is 0.0823. The van der Waals surface area contributed by atoms with E-state index in [4.69, 9.17) is 16.3 Å². The van der Waals surface area contributed by atoms with Crippen LogP contribution in [0.4, 0.5) is 10.1 Å². The van der Waals surface area contributed by atoms with Crippen LogP contribution in [0.2, 0.25) is 5.02 Å². The molecule has 0 aromatic heterocycles. The van der Waals surface area contributed by atoms with E-state index >= 15 is 0 Å². The van der Waals surface area contributed by atoms with Gasteiger partial charge in [-0.15, -0.1) is 0 Å². The first-order valence-corrected chi connectivity index (χ1v) is 9.35. The zero-order valence-electron chi connectivity index (χ0n) is 15.0. The van der Waals surface area contributed by atoms with Gasteiger partial charge in [-0.3, -0.25) is 14.6 Å². The number of carbonyl (C=O) groups excluding carboxylic acids is 1. The van der Waals surface area contributed by atoms with Crippen LogP contribution in [0.15, 0.2) is 48.5 Å². The van der Waals surface area contributed by atoms with Crippen LogP contribution in [0.25, 0.3) is 0 Å². The van der Waals surface area contributed by atoms with Gasteiger partial charge in [0.1, 0.15) is 18.2 Å². The molecule has 0 saturated carbocycles.